The van der Waals surface area contributed by atoms with Crippen LogP contribution in [-0.4, -0.2) is 44.8 Å². The van der Waals surface area contributed by atoms with Gasteiger partial charge in [0, 0.05) is 55.6 Å². The Morgan fingerprint density at radius 2 is 2.15 bits per heavy atom. The van der Waals surface area contributed by atoms with Crippen molar-refractivity contribution in [3.63, 3.8) is 0 Å². The highest BCUT2D eigenvalue weighted by Crippen LogP contribution is 2.25. The predicted molar refractivity (Wildman–Crippen MR) is 97.6 cm³/mol. The number of nitrogens with zero attached hydrogens (tertiary/aromatic N) is 3. The van der Waals surface area contributed by atoms with Gasteiger partial charge in [0.15, 0.2) is 0 Å². The van der Waals surface area contributed by atoms with Gasteiger partial charge in [-0.05, 0) is 18.6 Å². The van der Waals surface area contributed by atoms with E-state index in [1.807, 2.05) is 49.0 Å². The van der Waals surface area contributed by atoms with E-state index in [1.165, 1.54) is 0 Å². The third kappa shape index (κ3) is 3.12. The third-order valence-electron chi connectivity index (χ3n) is 5.22. The van der Waals surface area contributed by atoms with Gasteiger partial charge in [0.05, 0.1) is 18.2 Å². The maximum Gasteiger partial charge on any atom is 0.227 e. The van der Waals surface area contributed by atoms with Gasteiger partial charge in [-0.25, -0.2) is 0 Å². The second-order valence-corrected chi connectivity index (χ2v) is 7.22. The van der Waals surface area contributed by atoms with Gasteiger partial charge in [0.2, 0.25) is 5.91 Å². The summed E-state index contributed by atoms with van der Waals surface area (Å²) in [5.41, 5.74) is 2.98. The maximum atomic E-state index is 12.8. The predicted octanol–water partition coefficient (Wildman–Crippen LogP) is 2.08. The van der Waals surface area contributed by atoms with Gasteiger partial charge >= 0.3 is 0 Å². The van der Waals surface area contributed by atoms with Crippen molar-refractivity contribution in [3.05, 3.63) is 53.5 Å². The van der Waals surface area contributed by atoms with E-state index < -0.39 is 6.10 Å². The summed E-state index contributed by atoms with van der Waals surface area (Å²) in [7, 11) is 1.99. The molecule has 4 rings (SSSR count). The number of para-hydroxylation sites is 1. The molecule has 6 nitrogen and oxygen atoms in total. The highest BCUT2D eigenvalue weighted by molar-refractivity contribution is 5.89. The van der Waals surface area contributed by atoms with Crippen LogP contribution in [0.4, 0.5) is 0 Å². The average molecular weight is 353 g/mol. The highest BCUT2D eigenvalue weighted by atomic mass is 16.5. The molecule has 0 spiro atoms. The Labute approximate surface area is 152 Å². The largest absolute Gasteiger partial charge is 0.391 e. The zero-order chi connectivity index (χ0) is 18.3. The Hall–Kier alpha value is -2.60. The van der Waals surface area contributed by atoms with E-state index in [4.69, 9.17) is 4.52 Å². The van der Waals surface area contributed by atoms with E-state index in [-0.39, 0.29) is 11.8 Å². The number of rotatable bonds is 4. The minimum Gasteiger partial charge on any atom is -0.391 e. The summed E-state index contributed by atoms with van der Waals surface area (Å²) in [5.74, 6) is 0.797. The minimum atomic E-state index is -0.531. The highest BCUT2D eigenvalue weighted by Gasteiger charge is 2.34. The van der Waals surface area contributed by atoms with Crippen LogP contribution in [0.15, 0.2) is 41.1 Å². The summed E-state index contributed by atoms with van der Waals surface area (Å²) < 4.78 is 7.30. The van der Waals surface area contributed by atoms with Crippen molar-refractivity contribution < 1.29 is 14.4 Å². The first kappa shape index (κ1) is 16.8. The van der Waals surface area contributed by atoms with E-state index in [1.54, 1.807) is 4.90 Å². The first-order chi connectivity index (χ1) is 12.5. The molecule has 3 aromatic rings. The number of hydrogen-bond donors (Lipinski definition) is 1. The van der Waals surface area contributed by atoms with Crippen molar-refractivity contribution in [1.29, 1.82) is 0 Å². The molecule has 0 unspecified atom stereocenters. The lowest BCUT2D eigenvalue weighted by Gasteiger charge is -2.15. The van der Waals surface area contributed by atoms with Crippen molar-refractivity contribution in [2.24, 2.45) is 13.0 Å². The Bertz CT molecular complexity index is 943. The van der Waals surface area contributed by atoms with Gasteiger partial charge < -0.3 is 19.1 Å². The summed E-state index contributed by atoms with van der Waals surface area (Å²) >= 11 is 0. The van der Waals surface area contributed by atoms with Crippen LogP contribution in [0.1, 0.15) is 17.0 Å². The van der Waals surface area contributed by atoms with E-state index in [2.05, 4.69) is 11.2 Å². The molecule has 1 N–H and O–H groups in total. The number of likely N-dealkylation sites (tertiary alicyclic amines) is 1. The van der Waals surface area contributed by atoms with Crippen LogP contribution in [0.5, 0.6) is 0 Å². The molecule has 1 aliphatic heterocycles. The lowest BCUT2D eigenvalue weighted by atomic mass is 10.0. The number of aliphatic hydroxyl groups is 1. The van der Waals surface area contributed by atoms with Crippen molar-refractivity contribution in [1.82, 2.24) is 14.6 Å². The zero-order valence-corrected chi connectivity index (χ0v) is 15.1. The molecule has 1 amide bonds. The summed E-state index contributed by atoms with van der Waals surface area (Å²) in [5, 5.41) is 15.4. The minimum absolute atomic E-state index is 0.0150. The number of aryl methyl sites for hydroxylation is 2. The Kier molecular flexibility index (Phi) is 4.28. The smallest absolute Gasteiger partial charge is 0.227 e. The molecular weight excluding hydrogens is 330 g/mol. The first-order valence-corrected chi connectivity index (χ1v) is 8.92. The third-order valence-corrected chi connectivity index (χ3v) is 5.22. The Morgan fingerprint density at radius 1 is 1.35 bits per heavy atom. The van der Waals surface area contributed by atoms with Gasteiger partial charge in [-0.1, -0.05) is 23.4 Å². The number of hydrogen-bond acceptors (Lipinski definition) is 4. The quantitative estimate of drug-likeness (QED) is 0.779. The van der Waals surface area contributed by atoms with E-state index in [0.717, 1.165) is 27.9 Å². The van der Waals surface area contributed by atoms with Gasteiger partial charge in [-0.15, -0.1) is 0 Å². The number of fused-ring (bicyclic) bond motifs is 1. The SMILES string of the molecule is Cc1cc(C[C@@H]2CN(C(=O)Cc3cn(C)c4ccccc34)C[C@H]2O)on1. The fourth-order valence-electron chi connectivity index (χ4n) is 3.87. The van der Waals surface area contributed by atoms with Crippen LogP contribution in [0.2, 0.25) is 0 Å². The topological polar surface area (TPSA) is 71.5 Å². The van der Waals surface area contributed by atoms with Crippen molar-refractivity contribution in [2.45, 2.75) is 25.9 Å². The van der Waals surface area contributed by atoms with Gasteiger partial charge in [0.1, 0.15) is 5.76 Å². The van der Waals surface area contributed by atoms with E-state index in [0.29, 0.717) is 25.9 Å². The average Bonchev–Trinajstić information content (AvgIpc) is 3.28. The van der Waals surface area contributed by atoms with E-state index >= 15 is 0 Å². The lowest BCUT2D eigenvalue weighted by Crippen LogP contribution is -2.30. The van der Waals surface area contributed by atoms with Gasteiger partial charge in [-0.3, -0.25) is 4.79 Å². The number of aromatic nitrogens is 2. The summed E-state index contributed by atoms with van der Waals surface area (Å²) in [6.07, 6.45) is 2.43. The van der Waals surface area contributed by atoms with Crippen molar-refractivity contribution >= 4 is 16.8 Å². The normalized spacial score (nSPS) is 20.2. The molecule has 0 bridgehead atoms. The standard InChI is InChI=1S/C20H23N3O3/c1-13-7-16(26-21-13)8-15-11-23(12-19(15)24)20(25)9-14-10-22(2)18-6-4-3-5-17(14)18/h3-7,10,15,19,24H,8-9,11-12H2,1-2H3/t15-,19-/m1/s1. The summed E-state index contributed by atoms with van der Waals surface area (Å²) in [4.78, 5) is 14.5. The van der Waals surface area contributed by atoms with Crippen LogP contribution in [0, 0.1) is 12.8 Å². The number of β-amino-alcohol motifs (C(OH)–C–C–N with tert-alkyl or cyclic N) is 1. The number of carbonyl (C=O) groups excluding carboxylic acids is 1. The molecule has 6 heteroatoms. The van der Waals surface area contributed by atoms with Crippen molar-refractivity contribution in [2.75, 3.05) is 13.1 Å². The molecule has 0 saturated carbocycles. The molecule has 1 fully saturated rings. The molecule has 2 atom stereocenters. The molecule has 26 heavy (non-hydrogen) atoms. The summed E-state index contributed by atoms with van der Waals surface area (Å²) in [6, 6.07) is 9.98. The van der Waals surface area contributed by atoms with Crippen LogP contribution in [0.3, 0.4) is 0 Å². The Morgan fingerprint density at radius 3 is 2.92 bits per heavy atom. The molecule has 3 heterocycles. The van der Waals surface area contributed by atoms with Crippen LogP contribution >= 0.6 is 0 Å². The molecule has 1 aromatic carbocycles. The Balaban J connectivity index is 1.45. The molecule has 1 aliphatic rings. The number of aliphatic hydroxyl groups excluding tert-OH is 1. The molecule has 136 valence electrons. The molecule has 2 aromatic heterocycles. The van der Waals surface area contributed by atoms with Crippen LogP contribution in [0.25, 0.3) is 10.9 Å². The fourth-order valence-corrected chi connectivity index (χ4v) is 3.87. The van der Waals surface area contributed by atoms with Crippen molar-refractivity contribution in [3.8, 4) is 0 Å². The second kappa shape index (κ2) is 6.61. The maximum absolute atomic E-state index is 12.8. The van der Waals surface area contributed by atoms with Crippen LogP contribution in [-0.2, 0) is 24.7 Å². The zero-order valence-electron chi connectivity index (χ0n) is 15.1. The number of amides is 1. The second-order valence-electron chi connectivity index (χ2n) is 7.22. The first-order valence-electron chi connectivity index (χ1n) is 8.92. The number of carbonyl (C=O) groups is 1. The molecule has 1 saturated heterocycles. The number of benzene rings is 1. The fraction of sp³-hybridized carbons (Fsp3) is 0.400. The lowest BCUT2D eigenvalue weighted by molar-refractivity contribution is -0.129. The van der Waals surface area contributed by atoms with Gasteiger partial charge in [-0.2, -0.15) is 0 Å². The van der Waals surface area contributed by atoms with Gasteiger partial charge in [0.25, 0.3) is 0 Å². The molecule has 0 aliphatic carbocycles. The monoisotopic (exact) mass is 353 g/mol. The van der Waals surface area contributed by atoms with E-state index in [9.17, 15) is 9.90 Å². The van der Waals surface area contributed by atoms with Crippen LogP contribution < -0.4 is 0 Å². The summed E-state index contributed by atoms with van der Waals surface area (Å²) in [6.45, 7) is 2.80. The molecule has 0 radical (unpaired) electrons. The molecular formula is C20H23N3O3.